The zero-order chi connectivity index (χ0) is 18.6. The first-order valence-corrected chi connectivity index (χ1v) is 9.67. The molecule has 1 saturated heterocycles. The van der Waals surface area contributed by atoms with Crippen molar-refractivity contribution in [1.29, 1.82) is 0 Å². The molecule has 1 aromatic rings. The number of amides is 1. The number of esters is 1. The third-order valence-corrected chi connectivity index (χ3v) is 6.09. The standard InChI is InChI=1S/C17H24N2O5S/c1-13(2)15-4-6-16(7-5-15)25(22,23)19-10-8-18(9-11-19)17(21)12-24-14(3)20/h4-7,13H,8-12H2,1-3H3. The molecule has 1 aromatic carbocycles. The number of carbonyl (C=O) groups excluding carboxylic acids is 2. The summed E-state index contributed by atoms with van der Waals surface area (Å²) in [5.41, 5.74) is 1.08. The molecule has 7 nitrogen and oxygen atoms in total. The number of rotatable bonds is 5. The quantitative estimate of drug-likeness (QED) is 0.730. The summed E-state index contributed by atoms with van der Waals surface area (Å²) in [4.78, 5) is 24.4. The summed E-state index contributed by atoms with van der Waals surface area (Å²) in [6, 6.07) is 6.92. The molecule has 0 spiro atoms. The van der Waals surface area contributed by atoms with Gasteiger partial charge in [-0.05, 0) is 23.6 Å². The molecule has 1 amide bonds. The fraction of sp³-hybridized carbons (Fsp3) is 0.529. The van der Waals surface area contributed by atoms with Crippen LogP contribution in [0.4, 0.5) is 0 Å². The van der Waals surface area contributed by atoms with E-state index in [2.05, 4.69) is 18.6 Å². The lowest BCUT2D eigenvalue weighted by Crippen LogP contribution is -2.51. The summed E-state index contributed by atoms with van der Waals surface area (Å²) >= 11 is 0. The lowest BCUT2D eigenvalue weighted by molar-refractivity contribution is -0.150. The summed E-state index contributed by atoms with van der Waals surface area (Å²) in [6.07, 6.45) is 0. The van der Waals surface area contributed by atoms with Crippen molar-refractivity contribution in [3.8, 4) is 0 Å². The van der Waals surface area contributed by atoms with Gasteiger partial charge in [-0.25, -0.2) is 8.42 Å². The number of piperazine rings is 1. The van der Waals surface area contributed by atoms with Crippen molar-refractivity contribution in [3.63, 3.8) is 0 Å². The van der Waals surface area contributed by atoms with Crippen LogP contribution in [0, 0.1) is 0 Å². The minimum atomic E-state index is -3.57. The van der Waals surface area contributed by atoms with E-state index in [1.54, 1.807) is 12.1 Å². The third-order valence-electron chi connectivity index (χ3n) is 4.17. The fourth-order valence-electron chi connectivity index (χ4n) is 2.61. The molecule has 0 aliphatic carbocycles. The largest absolute Gasteiger partial charge is 0.456 e. The van der Waals surface area contributed by atoms with Gasteiger partial charge < -0.3 is 9.64 Å². The van der Waals surface area contributed by atoms with Crippen LogP contribution in [0.2, 0.25) is 0 Å². The molecule has 1 fully saturated rings. The summed E-state index contributed by atoms with van der Waals surface area (Å²) in [7, 11) is -3.57. The van der Waals surface area contributed by atoms with Crippen molar-refractivity contribution < 1.29 is 22.7 Å². The second-order valence-electron chi connectivity index (χ2n) is 6.29. The monoisotopic (exact) mass is 368 g/mol. The number of hydrogen-bond donors (Lipinski definition) is 0. The smallest absolute Gasteiger partial charge is 0.303 e. The zero-order valence-corrected chi connectivity index (χ0v) is 15.6. The molecule has 0 atom stereocenters. The predicted molar refractivity (Wildman–Crippen MR) is 92.5 cm³/mol. The number of sulfonamides is 1. The Morgan fingerprint density at radius 3 is 2.12 bits per heavy atom. The summed E-state index contributed by atoms with van der Waals surface area (Å²) in [5, 5.41) is 0. The van der Waals surface area contributed by atoms with E-state index in [1.807, 2.05) is 12.1 Å². The highest BCUT2D eigenvalue weighted by Gasteiger charge is 2.30. The second-order valence-corrected chi connectivity index (χ2v) is 8.23. The van der Waals surface area contributed by atoms with Gasteiger partial charge in [0.15, 0.2) is 6.61 Å². The molecule has 1 aliphatic rings. The summed E-state index contributed by atoms with van der Waals surface area (Å²) in [5.74, 6) is -0.489. The van der Waals surface area contributed by atoms with E-state index >= 15 is 0 Å². The van der Waals surface area contributed by atoms with E-state index in [4.69, 9.17) is 0 Å². The van der Waals surface area contributed by atoms with Crippen LogP contribution < -0.4 is 0 Å². The zero-order valence-electron chi connectivity index (χ0n) is 14.8. The van der Waals surface area contributed by atoms with E-state index in [0.717, 1.165) is 5.56 Å². The van der Waals surface area contributed by atoms with Gasteiger partial charge in [0, 0.05) is 33.1 Å². The Morgan fingerprint density at radius 2 is 1.64 bits per heavy atom. The van der Waals surface area contributed by atoms with E-state index in [0.29, 0.717) is 5.92 Å². The van der Waals surface area contributed by atoms with E-state index in [9.17, 15) is 18.0 Å². The van der Waals surface area contributed by atoms with Gasteiger partial charge in [-0.3, -0.25) is 9.59 Å². The third kappa shape index (κ3) is 4.79. The molecule has 0 bridgehead atoms. The maximum atomic E-state index is 12.7. The SMILES string of the molecule is CC(=O)OCC(=O)N1CCN(S(=O)(=O)c2ccc(C(C)C)cc2)CC1. The number of benzene rings is 1. The first-order valence-electron chi connectivity index (χ1n) is 8.23. The molecule has 0 unspecified atom stereocenters. The van der Waals surface area contributed by atoms with Crippen LogP contribution >= 0.6 is 0 Å². The van der Waals surface area contributed by atoms with Gasteiger partial charge >= 0.3 is 5.97 Å². The van der Waals surface area contributed by atoms with Gasteiger partial charge in [-0.1, -0.05) is 26.0 Å². The Bertz CT molecular complexity index is 720. The minimum absolute atomic E-state index is 0.222. The first-order chi connectivity index (χ1) is 11.7. The Morgan fingerprint density at radius 1 is 1.08 bits per heavy atom. The molecule has 138 valence electrons. The maximum absolute atomic E-state index is 12.7. The average molecular weight is 368 g/mol. The van der Waals surface area contributed by atoms with Gasteiger partial charge in [-0.15, -0.1) is 0 Å². The fourth-order valence-corrected chi connectivity index (χ4v) is 4.03. The Balaban J connectivity index is 1.99. The summed E-state index contributed by atoms with van der Waals surface area (Å²) in [6.45, 7) is 6.04. The molecule has 0 saturated carbocycles. The molecular formula is C17H24N2O5S. The molecule has 1 aliphatic heterocycles. The van der Waals surface area contributed by atoms with E-state index < -0.39 is 16.0 Å². The summed E-state index contributed by atoms with van der Waals surface area (Å²) < 4.78 is 31.5. The van der Waals surface area contributed by atoms with E-state index in [-0.39, 0.29) is 43.6 Å². The second kappa shape index (κ2) is 7.97. The van der Waals surface area contributed by atoms with Crippen LogP contribution in [0.3, 0.4) is 0 Å². The Kier molecular flexibility index (Phi) is 6.18. The highest BCUT2D eigenvalue weighted by Crippen LogP contribution is 2.21. The highest BCUT2D eigenvalue weighted by molar-refractivity contribution is 7.89. The van der Waals surface area contributed by atoms with Gasteiger partial charge in [-0.2, -0.15) is 4.31 Å². The molecular weight excluding hydrogens is 344 g/mol. The molecule has 0 radical (unpaired) electrons. The van der Waals surface area contributed by atoms with Gasteiger partial charge in [0.05, 0.1) is 4.90 Å². The van der Waals surface area contributed by atoms with Crippen molar-refractivity contribution in [3.05, 3.63) is 29.8 Å². The molecule has 0 N–H and O–H groups in total. The van der Waals surface area contributed by atoms with Gasteiger partial charge in [0.2, 0.25) is 10.0 Å². The van der Waals surface area contributed by atoms with Crippen molar-refractivity contribution in [2.24, 2.45) is 0 Å². The van der Waals surface area contributed by atoms with Crippen molar-refractivity contribution in [1.82, 2.24) is 9.21 Å². The Labute approximate surface area is 148 Å². The van der Waals surface area contributed by atoms with Gasteiger partial charge in [0.1, 0.15) is 0 Å². The average Bonchev–Trinajstić information content (AvgIpc) is 2.59. The van der Waals surface area contributed by atoms with Gasteiger partial charge in [0.25, 0.3) is 5.91 Å². The van der Waals surface area contributed by atoms with Crippen molar-refractivity contribution in [2.45, 2.75) is 31.6 Å². The normalized spacial score (nSPS) is 16.1. The van der Waals surface area contributed by atoms with Crippen LogP contribution in [-0.4, -0.2) is 62.3 Å². The van der Waals surface area contributed by atoms with Crippen LogP contribution in [0.15, 0.2) is 29.2 Å². The number of carbonyl (C=O) groups is 2. The highest BCUT2D eigenvalue weighted by atomic mass is 32.2. The predicted octanol–water partition coefficient (Wildman–Crippen LogP) is 1.21. The molecule has 25 heavy (non-hydrogen) atoms. The first kappa shape index (κ1) is 19.4. The lowest BCUT2D eigenvalue weighted by Gasteiger charge is -2.33. The van der Waals surface area contributed by atoms with Crippen molar-refractivity contribution in [2.75, 3.05) is 32.8 Å². The topological polar surface area (TPSA) is 84.0 Å². The van der Waals surface area contributed by atoms with Crippen LogP contribution in [0.1, 0.15) is 32.3 Å². The van der Waals surface area contributed by atoms with Crippen LogP contribution in [0.25, 0.3) is 0 Å². The lowest BCUT2D eigenvalue weighted by atomic mass is 10.0. The van der Waals surface area contributed by atoms with Crippen LogP contribution in [0.5, 0.6) is 0 Å². The minimum Gasteiger partial charge on any atom is -0.456 e. The van der Waals surface area contributed by atoms with Crippen LogP contribution in [-0.2, 0) is 24.3 Å². The molecule has 8 heteroatoms. The van der Waals surface area contributed by atoms with Crippen molar-refractivity contribution >= 4 is 21.9 Å². The molecule has 2 rings (SSSR count). The molecule has 0 aromatic heterocycles. The maximum Gasteiger partial charge on any atom is 0.303 e. The molecule has 1 heterocycles. The number of ether oxygens (including phenoxy) is 1. The number of nitrogens with zero attached hydrogens (tertiary/aromatic N) is 2. The van der Waals surface area contributed by atoms with E-state index in [1.165, 1.54) is 16.1 Å². The number of hydrogen-bond acceptors (Lipinski definition) is 5. The Hall–Kier alpha value is -1.93.